The molecule has 0 saturated carbocycles. The van der Waals surface area contributed by atoms with E-state index in [1.807, 2.05) is 66.7 Å². The lowest BCUT2D eigenvalue weighted by atomic mass is 9.87. The van der Waals surface area contributed by atoms with E-state index in [4.69, 9.17) is 10.5 Å². The maximum Gasteiger partial charge on any atom is 0.198 e. The molecule has 0 atom stereocenters. The van der Waals surface area contributed by atoms with E-state index in [0.717, 1.165) is 22.7 Å². The molecule has 0 aliphatic carbocycles. The van der Waals surface area contributed by atoms with E-state index in [-0.39, 0.29) is 5.41 Å². The molecule has 0 aromatic heterocycles. The van der Waals surface area contributed by atoms with Crippen LogP contribution in [0.4, 0.5) is 11.4 Å². The van der Waals surface area contributed by atoms with Crippen LogP contribution in [0.25, 0.3) is 0 Å². The average molecular weight is 374 g/mol. The van der Waals surface area contributed by atoms with Crippen molar-refractivity contribution in [1.82, 2.24) is 0 Å². The van der Waals surface area contributed by atoms with Gasteiger partial charge < -0.3 is 15.8 Å². The number of rotatable bonds is 5. The van der Waals surface area contributed by atoms with Crippen molar-refractivity contribution in [2.24, 2.45) is 10.7 Å². The van der Waals surface area contributed by atoms with Crippen molar-refractivity contribution in [2.45, 2.75) is 32.8 Å². The summed E-state index contributed by atoms with van der Waals surface area (Å²) in [5.41, 5.74) is 10.2. The van der Waals surface area contributed by atoms with Crippen molar-refractivity contribution in [2.75, 3.05) is 5.32 Å². The van der Waals surface area contributed by atoms with Crippen LogP contribution in [0.15, 0.2) is 83.9 Å². The van der Waals surface area contributed by atoms with Gasteiger partial charge in [-0.1, -0.05) is 69.3 Å². The number of ether oxygens (including phenoxy) is 1. The number of guanidine groups is 1. The third-order valence-corrected chi connectivity index (χ3v) is 4.34. The summed E-state index contributed by atoms with van der Waals surface area (Å²) < 4.78 is 5.86. The summed E-state index contributed by atoms with van der Waals surface area (Å²) in [6.45, 7) is 7.09. The van der Waals surface area contributed by atoms with Gasteiger partial charge in [0.25, 0.3) is 0 Å². The number of nitrogens with two attached hydrogens (primary N) is 1. The molecule has 0 aliphatic rings. The van der Waals surface area contributed by atoms with E-state index < -0.39 is 0 Å². The number of benzene rings is 3. The second kappa shape index (κ2) is 8.61. The molecule has 0 heterocycles. The van der Waals surface area contributed by atoms with E-state index in [1.54, 1.807) is 0 Å². The summed E-state index contributed by atoms with van der Waals surface area (Å²) in [5, 5.41) is 3.12. The highest BCUT2D eigenvalue weighted by molar-refractivity contribution is 5.94. The lowest BCUT2D eigenvalue weighted by Gasteiger charge is -2.18. The second-order valence-electron chi connectivity index (χ2n) is 7.72. The molecule has 3 aromatic carbocycles. The Hall–Kier alpha value is -3.27. The molecule has 4 heteroatoms. The molecule has 0 radical (unpaired) electrons. The predicted octanol–water partition coefficient (Wildman–Crippen LogP) is 5.62. The number of nitrogens with zero attached hydrogens (tertiary/aromatic N) is 1. The SMILES string of the molecule is CC(C)(C)c1ccc(N=C(N)Nc2cccc(OCc3ccccc3)c2)cc1. The fraction of sp³-hybridized carbons (Fsp3) is 0.208. The quantitative estimate of drug-likeness (QED) is 0.451. The number of hydrogen-bond acceptors (Lipinski definition) is 2. The minimum atomic E-state index is 0.117. The maximum atomic E-state index is 6.07. The first-order valence-corrected chi connectivity index (χ1v) is 9.39. The molecule has 144 valence electrons. The Morgan fingerprint density at radius 3 is 2.32 bits per heavy atom. The van der Waals surface area contributed by atoms with Crippen LogP contribution in [0.2, 0.25) is 0 Å². The van der Waals surface area contributed by atoms with Gasteiger partial charge in [-0.05, 0) is 40.8 Å². The van der Waals surface area contributed by atoms with Gasteiger partial charge in [0, 0.05) is 11.8 Å². The molecular formula is C24H27N3O. The third kappa shape index (κ3) is 5.61. The standard InChI is InChI=1S/C24H27N3O/c1-24(2,3)19-12-14-20(15-13-19)26-23(25)27-21-10-7-11-22(16-21)28-17-18-8-5-4-6-9-18/h4-16H,17H2,1-3H3,(H3,25,26,27). The van der Waals surface area contributed by atoms with Crippen LogP contribution in [-0.4, -0.2) is 5.96 Å². The highest BCUT2D eigenvalue weighted by Gasteiger charge is 2.12. The van der Waals surface area contributed by atoms with Crippen LogP contribution in [0, 0.1) is 0 Å². The topological polar surface area (TPSA) is 59.6 Å². The Balaban J connectivity index is 1.63. The lowest BCUT2D eigenvalue weighted by molar-refractivity contribution is 0.306. The normalized spacial score (nSPS) is 11.9. The van der Waals surface area contributed by atoms with E-state index in [0.29, 0.717) is 12.6 Å². The molecule has 0 unspecified atom stereocenters. The first-order valence-electron chi connectivity index (χ1n) is 9.39. The van der Waals surface area contributed by atoms with Crippen LogP contribution in [0.5, 0.6) is 5.75 Å². The van der Waals surface area contributed by atoms with E-state index in [9.17, 15) is 0 Å². The van der Waals surface area contributed by atoms with Crippen molar-refractivity contribution in [3.05, 3.63) is 90.0 Å². The van der Waals surface area contributed by atoms with Crippen LogP contribution in [0.3, 0.4) is 0 Å². The summed E-state index contributed by atoms with van der Waals surface area (Å²) in [5.74, 6) is 1.11. The molecular weight excluding hydrogens is 346 g/mol. The van der Waals surface area contributed by atoms with Gasteiger partial charge in [0.1, 0.15) is 12.4 Å². The van der Waals surface area contributed by atoms with Gasteiger partial charge in [-0.25, -0.2) is 4.99 Å². The van der Waals surface area contributed by atoms with Gasteiger partial charge in [-0.2, -0.15) is 0 Å². The fourth-order valence-corrected chi connectivity index (χ4v) is 2.76. The largest absolute Gasteiger partial charge is 0.489 e. The Bertz CT molecular complexity index is 926. The molecule has 0 saturated heterocycles. The highest BCUT2D eigenvalue weighted by Crippen LogP contribution is 2.24. The second-order valence-corrected chi connectivity index (χ2v) is 7.72. The number of hydrogen-bond donors (Lipinski definition) is 2. The third-order valence-electron chi connectivity index (χ3n) is 4.34. The zero-order valence-electron chi connectivity index (χ0n) is 16.6. The van der Waals surface area contributed by atoms with Crippen molar-refractivity contribution in [3.63, 3.8) is 0 Å². The molecule has 3 N–H and O–H groups in total. The summed E-state index contributed by atoms with van der Waals surface area (Å²) >= 11 is 0. The lowest BCUT2D eigenvalue weighted by Crippen LogP contribution is -2.21. The van der Waals surface area contributed by atoms with Crippen molar-refractivity contribution in [1.29, 1.82) is 0 Å². The van der Waals surface area contributed by atoms with Crippen LogP contribution in [0.1, 0.15) is 31.9 Å². The fourth-order valence-electron chi connectivity index (χ4n) is 2.76. The van der Waals surface area contributed by atoms with Gasteiger partial charge in [0.05, 0.1) is 5.69 Å². The van der Waals surface area contributed by atoms with Crippen LogP contribution in [-0.2, 0) is 12.0 Å². The summed E-state index contributed by atoms with van der Waals surface area (Å²) in [7, 11) is 0. The first-order chi connectivity index (χ1) is 13.4. The zero-order valence-corrected chi connectivity index (χ0v) is 16.6. The maximum absolute atomic E-state index is 6.07. The van der Waals surface area contributed by atoms with Gasteiger partial charge in [0.2, 0.25) is 0 Å². The summed E-state index contributed by atoms with van der Waals surface area (Å²) in [6.07, 6.45) is 0. The molecule has 0 amide bonds. The first kappa shape index (κ1) is 19.5. The van der Waals surface area contributed by atoms with Crippen LogP contribution < -0.4 is 15.8 Å². The Morgan fingerprint density at radius 2 is 1.64 bits per heavy atom. The average Bonchev–Trinajstić information content (AvgIpc) is 2.67. The van der Waals surface area contributed by atoms with Gasteiger partial charge >= 0.3 is 0 Å². The Morgan fingerprint density at radius 1 is 0.929 bits per heavy atom. The van der Waals surface area contributed by atoms with Gasteiger partial charge in [-0.15, -0.1) is 0 Å². The van der Waals surface area contributed by atoms with Gasteiger partial charge in [-0.3, -0.25) is 0 Å². The van der Waals surface area contributed by atoms with Crippen molar-refractivity contribution < 1.29 is 4.74 Å². The zero-order chi connectivity index (χ0) is 20.0. The number of nitrogens with one attached hydrogen (secondary N) is 1. The summed E-state index contributed by atoms with van der Waals surface area (Å²) in [6, 6.07) is 25.9. The molecule has 28 heavy (non-hydrogen) atoms. The molecule has 0 bridgehead atoms. The van der Waals surface area contributed by atoms with Crippen molar-refractivity contribution in [3.8, 4) is 5.75 Å². The Labute approximate surface area is 167 Å². The predicted molar refractivity (Wildman–Crippen MR) is 117 cm³/mol. The van der Waals surface area contributed by atoms with Crippen molar-refractivity contribution >= 4 is 17.3 Å². The smallest absolute Gasteiger partial charge is 0.198 e. The molecule has 0 aliphatic heterocycles. The molecule has 4 nitrogen and oxygen atoms in total. The highest BCUT2D eigenvalue weighted by atomic mass is 16.5. The van der Waals surface area contributed by atoms with E-state index in [2.05, 4.69) is 43.2 Å². The molecule has 3 rings (SSSR count). The number of aliphatic imine (C=N–C) groups is 1. The molecule has 0 spiro atoms. The van der Waals surface area contributed by atoms with E-state index in [1.165, 1.54) is 5.56 Å². The van der Waals surface area contributed by atoms with Crippen LogP contribution >= 0.6 is 0 Å². The van der Waals surface area contributed by atoms with Gasteiger partial charge in [0.15, 0.2) is 5.96 Å². The minimum Gasteiger partial charge on any atom is -0.489 e. The number of anilines is 1. The summed E-state index contributed by atoms with van der Waals surface area (Å²) in [4.78, 5) is 4.44. The molecule has 3 aromatic rings. The van der Waals surface area contributed by atoms with E-state index >= 15 is 0 Å². The minimum absolute atomic E-state index is 0.117. The monoisotopic (exact) mass is 373 g/mol. The molecule has 0 fully saturated rings. The Kier molecular flexibility index (Phi) is 5.99.